The number of nitrogens with one attached hydrogen (secondary N) is 1. The predicted octanol–water partition coefficient (Wildman–Crippen LogP) is 5.00. The first-order chi connectivity index (χ1) is 14.6. The summed E-state index contributed by atoms with van der Waals surface area (Å²) in [6, 6.07) is 13.7. The number of aryl methyl sites for hydroxylation is 2. The van der Waals surface area contributed by atoms with E-state index in [-0.39, 0.29) is 11.8 Å². The Hall–Kier alpha value is -2.92. The van der Waals surface area contributed by atoms with E-state index in [1.165, 1.54) is 21.6 Å². The van der Waals surface area contributed by atoms with Crippen molar-refractivity contribution < 1.29 is 9.59 Å². The molecule has 0 unspecified atom stereocenters. The van der Waals surface area contributed by atoms with Crippen molar-refractivity contribution in [2.45, 2.75) is 39.2 Å². The molecule has 1 N–H and O–H groups in total. The van der Waals surface area contributed by atoms with Crippen LogP contribution < -0.4 is 5.32 Å². The number of carbonyl (C=O) groups is 2. The molecule has 4 nitrogen and oxygen atoms in total. The summed E-state index contributed by atoms with van der Waals surface area (Å²) in [7, 11) is 0. The second kappa shape index (κ2) is 7.73. The van der Waals surface area contributed by atoms with Crippen LogP contribution in [-0.2, 0) is 25.8 Å². The minimum absolute atomic E-state index is 0.0259. The molecule has 2 heterocycles. The first-order valence-corrected chi connectivity index (χ1v) is 11.4. The highest BCUT2D eigenvalue weighted by atomic mass is 32.1. The fourth-order valence-electron chi connectivity index (χ4n) is 4.50. The van der Waals surface area contributed by atoms with Crippen molar-refractivity contribution in [3.05, 3.63) is 86.1 Å². The van der Waals surface area contributed by atoms with Gasteiger partial charge in [-0.2, -0.15) is 0 Å². The van der Waals surface area contributed by atoms with Crippen LogP contribution in [0.3, 0.4) is 0 Å². The number of anilines is 1. The first kappa shape index (κ1) is 19.1. The highest BCUT2D eigenvalue weighted by Crippen LogP contribution is 2.28. The maximum atomic E-state index is 13.2. The van der Waals surface area contributed by atoms with Crippen molar-refractivity contribution in [2.75, 3.05) is 11.9 Å². The van der Waals surface area contributed by atoms with E-state index in [2.05, 4.69) is 22.8 Å². The highest BCUT2D eigenvalue weighted by molar-refractivity contribution is 7.10. The van der Waals surface area contributed by atoms with Crippen LogP contribution in [0.4, 0.5) is 5.69 Å². The van der Waals surface area contributed by atoms with Gasteiger partial charge in [-0.25, -0.2) is 0 Å². The van der Waals surface area contributed by atoms with Crippen LogP contribution in [0.15, 0.2) is 47.8 Å². The third kappa shape index (κ3) is 3.43. The van der Waals surface area contributed by atoms with E-state index in [0.717, 1.165) is 37.8 Å². The predicted molar refractivity (Wildman–Crippen MR) is 120 cm³/mol. The molecule has 3 aromatic rings. The van der Waals surface area contributed by atoms with E-state index < -0.39 is 0 Å². The molecule has 0 saturated carbocycles. The Morgan fingerprint density at radius 3 is 2.77 bits per heavy atom. The standard InChI is InChI=1S/C25H24N2O2S/c1-16-21(25(29)27-12-10-23-20(15-27)11-13-30-23)6-3-7-22(16)26-24(28)19-9-8-17-4-2-5-18(17)14-19/h3,6-9,11,13-14H,2,4-5,10,12,15H2,1H3,(H,26,28). The number of carbonyl (C=O) groups excluding carboxylic acids is 2. The molecular formula is C25H24N2O2S. The van der Waals surface area contributed by atoms with Gasteiger partial charge in [0.1, 0.15) is 0 Å². The summed E-state index contributed by atoms with van der Waals surface area (Å²) < 4.78 is 0. The molecule has 2 amide bonds. The first-order valence-electron chi connectivity index (χ1n) is 10.5. The van der Waals surface area contributed by atoms with Crippen LogP contribution in [-0.4, -0.2) is 23.3 Å². The summed E-state index contributed by atoms with van der Waals surface area (Å²) >= 11 is 1.77. The molecule has 152 valence electrons. The van der Waals surface area contributed by atoms with Crippen LogP contribution in [0.5, 0.6) is 0 Å². The molecule has 2 aromatic carbocycles. The lowest BCUT2D eigenvalue weighted by Crippen LogP contribution is -2.35. The minimum atomic E-state index is -0.127. The van der Waals surface area contributed by atoms with Crippen LogP contribution in [0, 0.1) is 6.92 Å². The Balaban J connectivity index is 1.35. The molecular weight excluding hydrogens is 392 g/mol. The van der Waals surface area contributed by atoms with E-state index in [1.807, 2.05) is 42.2 Å². The van der Waals surface area contributed by atoms with E-state index in [0.29, 0.717) is 23.4 Å². The molecule has 0 spiro atoms. The normalized spacial score (nSPS) is 14.9. The van der Waals surface area contributed by atoms with Crippen molar-refractivity contribution in [1.82, 2.24) is 4.90 Å². The lowest BCUT2D eigenvalue weighted by Gasteiger charge is -2.28. The number of rotatable bonds is 3. The van der Waals surface area contributed by atoms with Gasteiger partial charge in [-0.1, -0.05) is 12.1 Å². The number of hydrogen-bond donors (Lipinski definition) is 1. The number of thiophene rings is 1. The maximum absolute atomic E-state index is 13.2. The van der Waals surface area contributed by atoms with Gasteiger partial charge in [-0.3, -0.25) is 9.59 Å². The van der Waals surface area contributed by atoms with Gasteiger partial charge in [-0.05, 0) is 90.6 Å². The smallest absolute Gasteiger partial charge is 0.255 e. The number of fused-ring (bicyclic) bond motifs is 2. The SMILES string of the molecule is Cc1c(NC(=O)c2ccc3c(c2)CCC3)cccc1C(=O)N1CCc2sccc2C1. The van der Waals surface area contributed by atoms with Crippen molar-refractivity contribution in [3.8, 4) is 0 Å². The average molecular weight is 417 g/mol. The Morgan fingerprint density at radius 1 is 1.00 bits per heavy atom. The average Bonchev–Trinajstić information content (AvgIpc) is 3.42. The largest absolute Gasteiger partial charge is 0.334 e. The third-order valence-electron chi connectivity index (χ3n) is 6.27. The fraction of sp³-hybridized carbons (Fsp3) is 0.280. The van der Waals surface area contributed by atoms with Gasteiger partial charge in [0.15, 0.2) is 0 Å². The molecule has 1 aromatic heterocycles. The highest BCUT2D eigenvalue weighted by Gasteiger charge is 2.24. The van der Waals surface area contributed by atoms with Gasteiger partial charge in [0, 0.05) is 34.8 Å². The third-order valence-corrected chi connectivity index (χ3v) is 7.29. The quantitative estimate of drug-likeness (QED) is 0.653. The second-order valence-electron chi connectivity index (χ2n) is 8.12. The van der Waals surface area contributed by atoms with Crippen molar-refractivity contribution in [2.24, 2.45) is 0 Å². The lowest BCUT2D eigenvalue weighted by molar-refractivity contribution is 0.0735. The van der Waals surface area contributed by atoms with E-state index in [9.17, 15) is 9.59 Å². The number of hydrogen-bond acceptors (Lipinski definition) is 3. The summed E-state index contributed by atoms with van der Waals surface area (Å²) in [5, 5.41) is 5.12. The molecule has 0 fully saturated rings. The molecule has 1 aliphatic heterocycles. The van der Waals surface area contributed by atoms with Gasteiger partial charge < -0.3 is 10.2 Å². The molecule has 1 aliphatic carbocycles. The van der Waals surface area contributed by atoms with E-state index in [4.69, 9.17) is 0 Å². The van der Waals surface area contributed by atoms with Crippen LogP contribution in [0.25, 0.3) is 0 Å². The minimum Gasteiger partial charge on any atom is -0.334 e. The molecule has 5 heteroatoms. The van der Waals surface area contributed by atoms with Gasteiger partial charge in [-0.15, -0.1) is 11.3 Å². The van der Waals surface area contributed by atoms with Crippen LogP contribution in [0.2, 0.25) is 0 Å². The summed E-state index contributed by atoms with van der Waals surface area (Å²) in [5.74, 6) is -0.101. The molecule has 30 heavy (non-hydrogen) atoms. The summed E-state index contributed by atoms with van der Waals surface area (Å²) in [6.45, 7) is 3.30. The molecule has 5 rings (SSSR count). The van der Waals surface area contributed by atoms with Gasteiger partial charge in [0.25, 0.3) is 11.8 Å². The summed E-state index contributed by atoms with van der Waals surface area (Å²) in [5.41, 5.74) is 6.71. The topological polar surface area (TPSA) is 49.4 Å². The zero-order valence-electron chi connectivity index (χ0n) is 17.0. The monoisotopic (exact) mass is 416 g/mol. The Labute approximate surface area is 180 Å². The summed E-state index contributed by atoms with van der Waals surface area (Å²) in [4.78, 5) is 29.3. The Morgan fingerprint density at radius 2 is 1.87 bits per heavy atom. The maximum Gasteiger partial charge on any atom is 0.255 e. The van der Waals surface area contributed by atoms with Gasteiger partial charge >= 0.3 is 0 Å². The number of amides is 2. The van der Waals surface area contributed by atoms with Crippen LogP contribution >= 0.6 is 11.3 Å². The molecule has 0 radical (unpaired) electrons. The van der Waals surface area contributed by atoms with Crippen LogP contribution in [0.1, 0.15) is 54.3 Å². The zero-order valence-corrected chi connectivity index (χ0v) is 17.8. The van der Waals surface area contributed by atoms with Crippen molar-refractivity contribution in [1.29, 1.82) is 0 Å². The Kier molecular flexibility index (Phi) is 4.91. The van der Waals surface area contributed by atoms with E-state index >= 15 is 0 Å². The summed E-state index contributed by atoms with van der Waals surface area (Å²) in [6.07, 6.45) is 4.21. The zero-order chi connectivity index (χ0) is 20.7. The molecule has 0 bridgehead atoms. The van der Waals surface area contributed by atoms with E-state index in [1.54, 1.807) is 11.3 Å². The lowest BCUT2D eigenvalue weighted by atomic mass is 10.0. The number of benzene rings is 2. The van der Waals surface area contributed by atoms with Crippen molar-refractivity contribution in [3.63, 3.8) is 0 Å². The number of nitrogens with zero attached hydrogens (tertiary/aromatic N) is 1. The van der Waals surface area contributed by atoms with Gasteiger partial charge in [0.05, 0.1) is 0 Å². The molecule has 0 saturated heterocycles. The van der Waals surface area contributed by atoms with Crippen molar-refractivity contribution >= 4 is 28.8 Å². The fourth-order valence-corrected chi connectivity index (χ4v) is 5.39. The van der Waals surface area contributed by atoms with Gasteiger partial charge in [0.2, 0.25) is 0 Å². The Bertz CT molecular complexity index is 1150. The second-order valence-corrected chi connectivity index (χ2v) is 9.12. The molecule has 0 atom stereocenters. The molecule has 2 aliphatic rings.